The number of aryl methyl sites for hydroxylation is 1. The first-order chi connectivity index (χ1) is 9.60. The summed E-state index contributed by atoms with van der Waals surface area (Å²) in [5, 5.41) is 11.7. The van der Waals surface area contributed by atoms with Crippen molar-refractivity contribution in [1.82, 2.24) is 0 Å². The lowest BCUT2D eigenvalue weighted by atomic mass is 10.2. The monoisotopic (exact) mass is 290 g/mol. The molecule has 0 aliphatic rings. The van der Waals surface area contributed by atoms with Gasteiger partial charge in [-0.2, -0.15) is 0 Å². The number of amidine groups is 1. The van der Waals surface area contributed by atoms with Crippen LogP contribution in [0, 0.1) is 12.7 Å². The highest BCUT2D eigenvalue weighted by Crippen LogP contribution is 2.27. The first-order valence-electron chi connectivity index (χ1n) is 6.06. The molecule has 0 aromatic heterocycles. The van der Waals surface area contributed by atoms with Crippen LogP contribution in [0.25, 0.3) is 0 Å². The van der Waals surface area contributed by atoms with Gasteiger partial charge in [0.2, 0.25) is 0 Å². The van der Waals surface area contributed by atoms with Gasteiger partial charge < -0.3 is 10.9 Å². The molecule has 2 aromatic carbocycles. The van der Waals surface area contributed by atoms with Crippen LogP contribution in [0.3, 0.4) is 0 Å². The van der Waals surface area contributed by atoms with Crippen molar-refractivity contribution in [3.05, 3.63) is 65.0 Å². The van der Waals surface area contributed by atoms with Crippen molar-refractivity contribution in [2.75, 3.05) is 0 Å². The highest BCUT2D eigenvalue weighted by atomic mass is 32.2. The van der Waals surface area contributed by atoms with E-state index >= 15 is 0 Å². The summed E-state index contributed by atoms with van der Waals surface area (Å²) in [5.74, 6) is 0.238. The Morgan fingerprint density at radius 2 is 2.10 bits per heavy atom. The van der Waals surface area contributed by atoms with Crippen molar-refractivity contribution in [3.63, 3.8) is 0 Å². The molecular weight excluding hydrogens is 275 g/mol. The number of hydrogen-bond donors (Lipinski definition) is 2. The van der Waals surface area contributed by atoms with E-state index in [0.717, 1.165) is 10.6 Å². The second-order valence-corrected chi connectivity index (χ2v) is 5.42. The van der Waals surface area contributed by atoms with E-state index in [1.807, 2.05) is 25.1 Å². The van der Waals surface area contributed by atoms with E-state index in [0.29, 0.717) is 5.56 Å². The Bertz CT molecular complexity index is 644. The molecule has 0 heterocycles. The molecular formula is C15H15FN2OS. The van der Waals surface area contributed by atoms with Crippen molar-refractivity contribution in [3.8, 4) is 0 Å². The van der Waals surface area contributed by atoms with E-state index in [1.54, 1.807) is 6.07 Å². The maximum Gasteiger partial charge on any atom is 0.171 e. The van der Waals surface area contributed by atoms with E-state index in [4.69, 9.17) is 10.9 Å². The van der Waals surface area contributed by atoms with Crippen LogP contribution in [-0.2, 0) is 5.75 Å². The molecule has 0 aliphatic heterocycles. The lowest BCUT2D eigenvalue weighted by Gasteiger charge is -2.08. The molecule has 3 nitrogen and oxygen atoms in total. The van der Waals surface area contributed by atoms with Crippen molar-refractivity contribution in [2.24, 2.45) is 10.9 Å². The van der Waals surface area contributed by atoms with Gasteiger partial charge in [-0.15, -0.1) is 11.8 Å². The molecule has 0 saturated carbocycles. The molecule has 0 amide bonds. The molecule has 0 spiro atoms. The first kappa shape index (κ1) is 14.4. The molecule has 0 atom stereocenters. The molecule has 5 heteroatoms. The summed E-state index contributed by atoms with van der Waals surface area (Å²) in [6, 6.07) is 12.4. The van der Waals surface area contributed by atoms with Crippen LogP contribution in [0.4, 0.5) is 4.39 Å². The van der Waals surface area contributed by atoms with Crippen LogP contribution in [-0.4, -0.2) is 11.0 Å². The standard InChI is InChI=1S/C15H15FN2OS/c1-10-3-2-4-11(7-10)9-20-14-6-5-12(16)8-13(14)15(17)18-19/h2-8,19H,9H2,1H3,(H2,17,18). The van der Waals surface area contributed by atoms with Gasteiger partial charge in [0, 0.05) is 16.2 Å². The highest BCUT2D eigenvalue weighted by molar-refractivity contribution is 7.98. The number of hydrogen-bond acceptors (Lipinski definition) is 3. The van der Waals surface area contributed by atoms with Crippen molar-refractivity contribution >= 4 is 17.6 Å². The van der Waals surface area contributed by atoms with Gasteiger partial charge >= 0.3 is 0 Å². The summed E-state index contributed by atoms with van der Waals surface area (Å²) in [5.41, 5.74) is 8.35. The van der Waals surface area contributed by atoms with Gasteiger partial charge in [0.1, 0.15) is 5.82 Å². The van der Waals surface area contributed by atoms with Crippen LogP contribution in [0.1, 0.15) is 16.7 Å². The smallest absolute Gasteiger partial charge is 0.171 e. The quantitative estimate of drug-likeness (QED) is 0.298. The van der Waals surface area contributed by atoms with E-state index in [9.17, 15) is 4.39 Å². The Balaban J connectivity index is 2.21. The SMILES string of the molecule is Cc1cccc(CSc2ccc(F)cc2C(N)=NO)c1. The van der Waals surface area contributed by atoms with Gasteiger partial charge in [0.25, 0.3) is 0 Å². The van der Waals surface area contributed by atoms with Gasteiger partial charge in [0.15, 0.2) is 5.84 Å². The zero-order valence-electron chi connectivity index (χ0n) is 11.0. The molecule has 2 aromatic rings. The lowest BCUT2D eigenvalue weighted by Crippen LogP contribution is -2.14. The summed E-state index contributed by atoms with van der Waals surface area (Å²) in [4.78, 5) is 0.781. The number of nitrogens with two attached hydrogens (primary N) is 1. The summed E-state index contributed by atoms with van der Waals surface area (Å²) >= 11 is 1.52. The largest absolute Gasteiger partial charge is 0.409 e. The Kier molecular flexibility index (Phi) is 4.63. The predicted octanol–water partition coefficient (Wildman–Crippen LogP) is 3.52. The van der Waals surface area contributed by atoms with Crippen LogP contribution in [0.2, 0.25) is 0 Å². The average molecular weight is 290 g/mol. The molecule has 2 rings (SSSR count). The molecule has 3 N–H and O–H groups in total. The van der Waals surface area contributed by atoms with Crippen LogP contribution >= 0.6 is 11.8 Å². The fourth-order valence-corrected chi connectivity index (χ4v) is 2.83. The molecule has 0 saturated heterocycles. The normalized spacial score (nSPS) is 11.6. The van der Waals surface area contributed by atoms with Crippen LogP contribution in [0.5, 0.6) is 0 Å². The number of rotatable bonds is 4. The molecule has 104 valence electrons. The average Bonchev–Trinajstić information content (AvgIpc) is 2.45. The zero-order valence-corrected chi connectivity index (χ0v) is 11.8. The Morgan fingerprint density at radius 3 is 2.80 bits per heavy atom. The predicted molar refractivity (Wildman–Crippen MR) is 79.7 cm³/mol. The fourth-order valence-electron chi connectivity index (χ4n) is 1.85. The molecule has 0 bridgehead atoms. The second kappa shape index (κ2) is 6.43. The zero-order chi connectivity index (χ0) is 14.5. The van der Waals surface area contributed by atoms with Gasteiger partial charge in [-0.1, -0.05) is 35.0 Å². The number of halogens is 1. The van der Waals surface area contributed by atoms with E-state index < -0.39 is 5.82 Å². The van der Waals surface area contributed by atoms with Crippen molar-refractivity contribution in [2.45, 2.75) is 17.6 Å². The van der Waals surface area contributed by atoms with Gasteiger partial charge in [-0.25, -0.2) is 4.39 Å². The topological polar surface area (TPSA) is 58.6 Å². The molecule has 20 heavy (non-hydrogen) atoms. The molecule has 0 aliphatic carbocycles. The third-order valence-electron chi connectivity index (χ3n) is 2.80. The maximum atomic E-state index is 13.3. The van der Waals surface area contributed by atoms with E-state index in [-0.39, 0.29) is 5.84 Å². The summed E-state index contributed by atoms with van der Waals surface area (Å²) in [6.45, 7) is 2.04. The first-order valence-corrected chi connectivity index (χ1v) is 7.04. The van der Waals surface area contributed by atoms with Gasteiger partial charge in [0.05, 0.1) is 0 Å². The van der Waals surface area contributed by atoms with E-state index in [1.165, 1.54) is 35.0 Å². The molecule has 0 unspecified atom stereocenters. The Morgan fingerprint density at radius 1 is 1.30 bits per heavy atom. The Hall–Kier alpha value is -2.01. The third-order valence-corrected chi connectivity index (χ3v) is 3.95. The fraction of sp³-hybridized carbons (Fsp3) is 0.133. The highest BCUT2D eigenvalue weighted by Gasteiger charge is 2.09. The summed E-state index contributed by atoms with van der Waals surface area (Å²) in [6.07, 6.45) is 0. The molecule has 0 fully saturated rings. The minimum Gasteiger partial charge on any atom is -0.409 e. The number of nitrogens with zero attached hydrogens (tertiary/aromatic N) is 1. The third kappa shape index (κ3) is 3.51. The maximum absolute atomic E-state index is 13.3. The van der Waals surface area contributed by atoms with Crippen molar-refractivity contribution in [1.29, 1.82) is 0 Å². The number of thioether (sulfide) groups is 1. The molecule has 0 radical (unpaired) electrons. The van der Waals surface area contributed by atoms with Crippen molar-refractivity contribution < 1.29 is 9.60 Å². The van der Waals surface area contributed by atoms with Crippen LogP contribution in [0.15, 0.2) is 52.5 Å². The summed E-state index contributed by atoms with van der Waals surface area (Å²) < 4.78 is 13.3. The minimum atomic E-state index is -0.411. The van der Waals surface area contributed by atoms with Crippen LogP contribution < -0.4 is 5.73 Å². The summed E-state index contributed by atoms with van der Waals surface area (Å²) in [7, 11) is 0. The Labute approximate surface area is 121 Å². The van der Waals surface area contributed by atoms with Gasteiger partial charge in [-0.05, 0) is 30.7 Å². The lowest BCUT2D eigenvalue weighted by molar-refractivity contribution is 0.318. The number of benzene rings is 2. The minimum absolute atomic E-state index is 0.0868. The van der Waals surface area contributed by atoms with Gasteiger partial charge in [-0.3, -0.25) is 0 Å². The van der Waals surface area contributed by atoms with E-state index in [2.05, 4.69) is 11.2 Å². The second-order valence-electron chi connectivity index (χ2n) is 4.40. The number of oxime groups is 1.